The third kappa shape index (κ3) is 2.42. The maximum Gasteiger partial charge on any atom is 0.310 e. The summed E-state index contributed by atoms with van der Waals surface area (Å²) in [6.07, 6.45) is 1.75. The SMILES string of the molecule is C=CC[N+](C)(C)C(C)=O. The Hall–Kier alpha value is -0.630. The smallest absolute Gasteiger partial charge is 0.262 e. The van der Waals surface area contributed by atoms with Crippen molar-refractivity contribution in [2.24, 2.45) is 0 Å². The number of amides is 1. The van der Waals surface area contributed by atoms with E-state index in [9.17, 15) is 4.79 Å². The summed E-state index contributed by atoms with van der Waals surface area (Å²) < 4.78 is 0.392. The van der Waals surface area contributed by atoms with Crippen LogP contribution >= 0.6 is 0 Å². The molecule has 0 aromatic heterocycles. The number of carbonyl (C=O) groups excluding carboxylic acids is 1. The second-order valence-corrected chi connectivity index (χ2v) is 2.68. The molecule has 0 saturated carbocycles. The molecule has 2 heteroatoms. The Kier molecular flexibility index (Phi) is 2.59. The maximum absolute atomic E-state index is 10.8. The first-order chi connectivity index (χ1) is 4.00. The van der Waals surface area contributed by atoms with Gasteiger partial charge in [0.1, 0.15) is 6.54 Å². The average Bonchev–Trinajstić information content (AvgIpc) is 1.65. The van der Waals surface area contributed by atoms with Crippen molar-refractivity contribution in [1.82, 2.24) is 0 Å². The van der Waals surface area contributed by atoms with Gasteiger partial charge in [0.25, 0.3) is 0 Å². The van der Waals surface area contributed by atoms with E-state index in [0.29, 0.717) is 11.0 Å². The van der Waals surface area contributed by atoms with Crippen LogP contribution in [-0.4, -0.2) is 31.0 Å². The molecule has 0 fully saturated rings. The molecule has 0 atom stereocenters. The van der Waals surface area contributed by atoms with Gasteiger partial charge in [-0.1, -0.05) is 6.58 Å². The Balaban J connectivity index is 4.00. The van der Waals surface area contributed by atoms with E-state index in [1.165, 1.54) is 0 Å². The highest BCUT2D eigenvalue weighted by Gasteiger charge is 2.18. The van der Waals surface area contributed by atoms with Gasteiger partial charge in [-0.3, -0.25) is 4.48 Å². The third-order valence-corrected chi connectivity index (χ3v) is 1.44. The van der Waals surface area contributed by atoms with Crippen LogP contribution in [0.25, 0.3) is 0 Å². The molecule has 0 saturated heterocycles. The predicted octanol–water partition coefficient (Wildman–Crippen LogP) is 0.795. The number of likely N-dealkylation sites (N-methyl/N-ethyl adjacent to an activating group) is 1. The van der Waals surface area contributed by atoms with Crippen LogP contribution < -0.4 is 0 Å². The average molecular weight is 128 g/mol. The number of hydrogen-bond acceptors (Lipinski definition) is 1. The van der Waals surface area contributed by atoms with Crippen molar-refractivity contribution < 1.29 is 9.28 Å². The minimum atomic E-state index is 0.162. The molecule has 0 spiro atoms. The van der Waals surface area contributed by atoms with Crippen molar-refractivity contribution in [3.05, 3.63) is 12.7 Å². The summed E-state index contributed by atoms with van der Waals surface area (Å²) >= 11 is 0. The van der Waals surface area contributed by atoms with Gasteiger partial charge in [-0.15, -0.1) is 0 Å². The minimum Gasteiger partial charge on any atom is -0.262 e. The Labute approximate surface area is 56.4 Å². The zero-order valence-corrected chi connectivity index (χ0v) is 6.35. The lowest BCUT2D eigenvalue weighted by Gasteiger charge is -2.22. The van der Waals surface area contributed by atoms with E-state index in [-0.39, 0.29) is 5.91 Å². The molecule has 52 valence electrons. The van der Waals surface area contributed by atoms with Gasteiger partial charge in [0.15, 0.2) is 0 Å². The van der Waals surface area contributed by atoms with Crippen LogP contribution in [0, 0.1) is 0 Å². The van der Waals surface area contributed by atoms with Crippen LogP contribution in [0.15, 0.2) is 12.7 Å². The largest absolute Gasteiger partial charge is 0.310 e. The summed E-state index contributed by atoms with van der Waals surface area (Å²) in [5, 5.41) is 0. The molecule has 0 N–H and O–H groups in total. The molecule has 0 aromatic carbocycles. The molecule has 0 radical (unpaired) electrons. The van der Waals surface area contributed by atoms with Gasteiger partial charge >= 0.3 is 5.91 Å². The van der Waals surface area contributed by atoms with Gasteiger partial charge in [0.2, 0.25) is 0 Å². The summed E-state index contributed by atoms with van der Waals surface area (Å²) in [5.41, 5.74) is 0. The van der Waals surface area contributed by atoms with Crippen molar-refractivity contribution in [2.75, 3.05) is 20.6 Å². The number of quaternary nitrogens is 1. The first kappa shape index (κ1) is 8.37. The van der Waals surface area contributed by atoms with E-state index in [0.717, 1.165) is 0 Å². The van der Waals surface area contributed by atoms with Gasteiger partial charge in [-0.25, -0.2) is 4.79 Å². The highest BCUT2D eigenvalue weighted by atomic mass is 16.2. The van der Waals surface area contributed by atoms with E-state index in [1.54, 1.807) is 13.0 Å². The fourth-order valence-corrected chi connectivity index (χ4v) is 0.451. The molecule has 0 aliphatic rings. The Morgan fingerprint density at radius 1 is 1.67 bits per heavy atom. The summed E-state index contributed by atoms with van der Waals surface area (Å²) in [5.74, 6) is 0.162. The van der Waals surface area contributed by atoms with E-state index in [4.69, 9.17) is 0 Å². The highest BCUT2D eigenvalue weighted by molar-refractivity contribution is 5.65. The maximum atomic E-state index is 10.8. The normalized spacial score (nSPS) is 11.0. The summed E-state index contributed by atoms with van der Waals surface area (Å²) in [4.78, 5) is 10.8. The van der Waals surface area contributed by atoms with Crippen LogP contribution in [0.4, 0.5) is 0 Å². The minimum absolute atomic E-state index is 0.162. The summed E-state index contributed by atoms with van der Waals surface area (Å²) in [7, 11) is 3.73. The number of carbonyl (C=O) groups is 1. The first-order valence-corrected chi connectivity index (χ1v) is 2.95. The number of nitrogens with zero attached hydrogens (tertiary/aromatic N) is 1. The molecule has 0 rings (SSSR count). The molecular weight excluding hydrogens is 114 g/mol. The van der Waals surface area contributed by atoms with Crippen LogP contribution in [0.1, 0.15) is 6.92 Å². The summed E-state index contributed by atoms with van der Waals surface area (Å²) in [6.45, 7) is 5.85. The molecule has 0 aliphatic carbocycles. The second-order valence-electron chi connectivity index (χ2n) is 2.68. The second kappa shape index (κ2) is 2.78. The molecule has 0 heterocycles. The van der Waals surface area contributed by atoms with Crippen molar-refractivity contribution in [1.29, 1.82) is 0 Å². The lowest BCUT2D eigenvalue weighted by Crippen LogP contribution is -2.43. The Morgan fingerprint density at radius 2 is 2.11 bits per heavy atom. The lowest BCUT2D eigenvalue weighted by molar-refractivity contribution is -0.806. The summed E-state index contributed by atoms with van der Waals surface area (Å²) in [6, 6.07) is 0. The number of hydrogen-bond donors (Lipinski definition) is 0. The van der Waals surface area contributed by atoms with E-state index < -0.39 is 0 Å². The molecule has 2 nitrogen and oxygen atoms in total. The fourth-order valence-electron chi connectivity index (χ4n) is 0.451. The topological polar surface area (TPSA) is 17.1 Å². The van der Waals surface area contributed by atoms with Crippen molar-refractivity contribution >= 4 is 5.91 Å². The molecule has 0 bridgehead atoms. The Morgan fingerprint density at radius 3 is 2.22 bits per heavy atom. The van der Waals surface area contributed by atoms with E-state index in [1.807, 2.05) is 14.1 Å². The molecule has 0 aromatic rings. The van der Waals surface area contributed by atoms with Crippen LogP contribution in [0.5, 0.6) is 0 Å². The van der Waals surface area contributed by atoms with Crippen LogP contribution in [-0.2, 0) is 4.79 Å². The van der Waals surface area contributed by atoms with Crippen molar-refractivity contribution in [3.63, 3.8) is 0 Å². The third-order valence-electron chi connectivity index (χ3n) is 1.44. The Bertz CT molecular complexity index is 127. The van der Waals surface area contributed by atoms with Gasteiger partial charge < -0.3 is 0 Å². The zero-order valence-electron chi connectivity index (χ0n) is 6.35. The molecular formula is C7H14NO+. The standard InChI is InChI=1S/C7H14NO/c1-5-6-8(3,4)7(2)9/h5H,1,6H2,2-4H3/q+1. The van der Waals surface area contributed by atoms with Crippen molar-refractivity contribution in [3.8, 4) is 0 Å². The molecule has 1 amide bonds. The quantitative estimate of drug-likeness (QED) is 0.397. The van der Waals surface area contributed by atoms with Crippen molar-refractivity contribution in [2.45, 2.75) is 6.92 Å². The van der Waals surface area contributed by atoms with Crippen LogP contribution in [0.2, 0.25) is 0 Å². The van der Waals surface area contributed by atoms with Crippen LogP contribution in [0.3, 0.4) is 0 Å². The van der Waals surface area contributed by atoms with Gasteiger partial charge in [-0.2, -0.15) is 0 Å². The molecule has 0 aliphatic heterocycles. The first-order valence-electron chi connectivity index (χ1n) is 2.95. The molecule has 9 heavy (non-hydrogen) atoms. The fraction of sp³-hybridized carbons (Fsp3) is 0.571. The van der Waals surface area contributed by atoms with Gasteiger partial charge in [-0.05, 0) is 6.08 Å². The highest BCUT2D eigenvalue weighted by Crippen LogP contribution is 1.96. The van der Waals surface area contributed by atoms with E-state index in [2.05, 4.69) is 6.58 Å². The number of rotatable bonds is 2. The lowest BCUT2D eigenvalue weighted by atomic mass is 10.4. The monoisotopic (exact) mass is 128 g/mol. The van der Waals surface area contributed by atoms with Gasteiger partial charge in [0.05, 0.1) is 21.0 Å². The molecule has 0 unspecified atom stereocenters. The zero-order chi connectivity index (χ0) is 7.49. The van der Waals surface area contributed by atoms with E-state index >= 15 is 0 Å². The predicted molar refractivity (Wildman–Crippen MR) is 37.9 cm³/mol. The van der Waals surface area contributed by atoms with Gasteiger partial charge in [0, 0.05) is 0 Å².